The summed E-state index contributed by atoms with van der Waals surface area (Å²) < 4.78 is 13.3. The molecule has 0 unspecified atom stereocenters. The Morgan fingerprint density at radius 3 is 2.41 bits per heavy atom. The van der Waals surface area contributed by atoms with Gasteiger partial charge in [0.25, 0.3) is 5.91 Å². The van der Waals surface area contributed by atoms with E-state index in [0.717, 1.165) is 17.7 Å². The molecule has 1 amide bonds. The molecule has 0 aromatic heterocycles. The average Bonchev–Trinajstić information content (AvgIpc) is 2.47. The Bertz CT molecular complexity index is 715. The molecular weight excluding hydrogens is 287 g/mol. The van der Waals surface area contributed by atoms with Crippen LogP contribution in [0.1, 0.15) is 29.8 Å². The van der Waals surface area contributed by atoms with Crippen molar-refractivity contribution >= 4 is 11.6 Å². The number of nitro benzene ring substituents is 1. The van der Waals surface area contributed by atoms with Gasteiger partial charge in [0.15, 0.2) is 0 Å². The first-order valence-corrected chi connectivity index (χ1v) is 6.63. The molecule has 2 aromatic carbocycles. The number of hydrogen-bond acceptors (Lipinski definition) is 3. The van der Waals surface area contributed by atoms with E-state index in [9.17, 15) is 19.3 Å². The monoisotopic (exact) mass is 302 g/mol. The molecule has 0 aliphatic rings. The minimum atomic E-state index is -0.969. The van der Waals surface area contributed by atoms with Gasteiger partial charge >= 0.3 is 5.69 Å². The molecule has 0 saturated carbocycles. The van der Waals surface area contributed by atoms with E-state index in [4.69, 9.17) is 0 Å². The van der Waals surface area contributed by atoms with Gasteiger partial charge in [-0.05, 0) is 31.5 Å². The summed E-state index contributed by atoms with van der Waals surface area (Å²) >= 11 is 0. The lowest BCUT2D eigenvalue weighted by Gasteiger charge is -2.27. The second-order valence-electron chi connectivity index (χ2n) is 5.37. The third-order valence-corrected chi connectivity index (χ3v) is 3.33. The molecule has 0 saturated heterocycles. The van der Waals surface area contributed by atoms with Gasteiger partial charge in [0.05, 0.1) is 10.5 Å². The lowest BCUT2D eigenvalue weighted by Crippen LogP contribution is -2.41. The van der Waals surface area contributed by atoms with Crippen LogP contribution in [0.5, 0.6) is 0 Å². The first-order valence-electron chi connectivity index (χ1n) is 6.63. The summed E-state index contributed by atoms with van der Waals surface area (Å²) in [6.45, 7) is 3.64. The molecule has 2 aromatic rings. The largest absolute Gasteiger partial charge is 0.343 e. The summed E-state index contributed by atoms with van der Waals surface area (Å²) in [6, 6.07) is 12.4. The van der Waals surface area contributed by atoms with Gasteiger partial charge < -0.3 is 5.32 Å². The van der Waals surface area contributed by atoms with Crippen LogP contribution in [0.4, 0.5) is 10.1 Å². The minimum Gasteiger partial charge on any atom is -0.343 e. The van der Waals surface area contributed by atoms with Crippen molar-refractivity contribution in [3.8, 4) is 0 Å². The summed E-state index contributed by atoms with van der Waals surface area (Å²) in [5.74, 6) is -1.47. The second-order valence-corrected chi connectivity index (χ2v) is 5.37. The van der Waals surface area contributed by atoms with Crippen LogP contribution in [-0.4, -0.2) is 10.8 Å². The molecule has 0 radical (unpaired) electrons. The fourth-order valence-electron chi connectivity index (χ4n) is 2.08. The Hall–Kier alpha value is -2.76. The number of nitrogens with zero attached hydrogens (tertiary/aromatic N) is 1. The Labute approximate surface area is 126 Å². The van der Waals surface area contributed by atoms with Gasteiger partial charge in [-0.15, -0.1) is 0 Å². The fourth-order valence-corrected chi connectivity index (χ4v) is 2.08. The van der Waals surface area contributed by atoms with Crippen molar-refractivity contribution in [2.24, 2.45) is 0 Å². The van der Waals surface area contributed by atoms with Gasteiger partial charge in [0, 0.05) is 11.6 Å². The van der Waals surface area contributed by atoms with E-state index >= 15 is 0 Å². The highest BCUT2D eigenvalue weighted by atomic mass is 19.1. The van der Waals surface area contributed by atoms with Crippen molar-refractivity contribution in [3.63, 3.8) is 0 Å². The Morgan fingerprint density at radius 1 is 1.18 bits per heavy atom. The van der Waals surface area contributed by atoms with Gasteiger partial charge in [-0.2, -0.15) is 4.39 Å². The molecule has 22 heavy (non-hydrogen) atoms. The molecular formula is C16H15FN2O3. The zero-order chi connectivity index (χ0) is 16.3. The molecule has 0 atom stereocenters. The van der Waals surface area contributed by atoms with E-state index in [0.29, 0.717) is 0 Å². The van der Waals surface area contributed by atoms with Crippen LogP contribution >= 0.6 is 0 Å². The summed E-state index contributed by atoms with van der Waals surface area (Å²) in [5.41, 5.74) is -0.455. The molecule has 1 N–H and O–H groups in total. The highest BCUT2D eigenvalue weighted by molar-refractivity contribution is 5.95. The number of amides is 1. The van der Waals surface area contributed by atoms with E-state index in [1.807, 2.05) is 44.2 Å². The van der Waals surface area contributed by atoms with Crippen LogP contribution in [0.3, 0.4) is 0 Å². The first kappa shape index (κ1) is 15.6. The van der Waals surface area contributed by atoms with Gasteiger partial charge in [0.1, 0.15) is 0 Å². The molecule has 6 heteroatoms. The minimum absolute atomic E-state index is 0.0390. The third kappa shape index (κ3) is 3.28. The van der Waals surface area contributed by atoms with E-state index in [2.05, 4.69) is 5.32 Å². The highest BCUT2D eigenvalue weighted by Crippen LogP contribution is 2.22. The number of carbonyl (C=O) groups is 1. The molecule has 0 aliphatic heterocycles. The maximum atomic E-state index is 13.3. The maximum Gasteiger partial charge on any atom is 0.305 e. The van der Waals surface area contributed by atoms with E-state index < -0.39 is 27.9 Å². The van der Waals surface area contributed by atoms with Gasteiger partial charge in [-0.1, -0.05) is 30.3 Å². The maximum absolute atomic E-state index is 13.3. The van der Waals surface area contributed by atoms with E-state index in [1.54, 1.807) is 0 Å². The first-order chi connectivity index (χ1) is 10.3. The van der Waals surface area contributed by atoms with Crippen molar-refractivity contribution < 1.29 is 14.1 Å². The fraction of sp³-hybridized carbons (Fsp3) is 0.188. The number of nitrogens with one attached hydrogen (secondary N) is 1. The number of hydrogen-bond donors (Lipinski definition) is 1. The summed E-state index contributed by atoms with van der Waals surface area (Å²) in [4.78, 5) is 22.1. The molecule has 0 bridgehead atoms. The average molecular weight is 302 g/mol. The van der Waals surface area contributed by atoms with Crippen LogP contribution in [0.2, 0.25) is 0 Å². The molecule has 2 rings (SSSR count). The molecule has 0 heterocycles. The standard InChI is InChI=1S/C16H15FN2O3/c1-16(2,12-6-4-3-5-7-12)18-15(20)11-8-9-13(17)14(10-11)19(21)22/h3-10H,1-2H3,(H,18,20). The molecule has 114 valence electrons. The number of nitro groups is 1. The summed E-state index contributed by atoms with van der Waals surface area (Å²) in [5, 5.41) is 13.5. The summed E-state index contributed by atoms with van der Waals surface area (Å²) in [7, 11) is 0. The Kier molecular flexibility index (Phi) is 4.21. The summed E-state index contributed by atoms with van der Waals surface area (Å²) in [6.07, 6.45) is 0. The normalized spacial score (nSPS) is 11.0. The zero-order valence-electron chi connectivity index (χ0n) is 12.2. The van der Waals surface area contributed by atoms with E-state index in [1.165, 1.54) is 6.07 Å². The second kappa shape index (κ2) is 5.93. The predicted molar refractivity (Wildman–Crippen MR) is 80.0 cm³/mol. The lowest BCUT2D eigenvalue weighted by atomic mass is 9.94. The highest BCUT2D eigenvalue weighted by Gasteiger charge is 2.25. The number of halogens is 1. The number of rotatable bonds is 4. The topological polar surface area (TPSA) is 72.2 Å². The van der Waals surface area contributed by atoms with Crippen LogP contribution < -0.4 is 5.32 Å². The Morgan fingerprint density at radius 2 is 1.82 bits per heavy atom. The van der Waals surface area contributed by atoms with Crippen molar-refractivity contribution in [2.75, 3.05) is 0 Å². The van der Waals surface area contributed by atoms with Gasteiger partial charge in [0.2, 0.25) is 5.82 Å². The van der Waals surface area contributed by atoms with Crippen molar-refractivity contribution in [1.29, 1.82) is 0 Å². The van der Waals surface area contributed by atoms with Crippen LogP contribution in [-0.2, 0) is 5.54 Å². The van der Waals surface area contributed by atoms with Crippen LogP contribution in [0.15, 0.2) is 48.5 Å². The van der Waals surface area contributed by atoms with Crippen LogP contribution in [0.25, 0.3) is 0 Å². The zero-order valence-corrected chi connectivity index (χ0v) is 12.2. The van der Waals surface area contributed by atoms with Crippen molar-refractivity contribution in [3.05, 3.63) is 75.6 Å². The molecule has 0 spiro atoms. The van der Waals surface area contributed by atoms with E-state index in [-0.39, 0.29) is 5.56 Å². The predicted octanol–water partition coefficient (Wildman–Crippen LogP) is 3.40. The number of benzene rings is 2. The van der Waals surface area contributed by atoms with Crippen molar-refractivity contribution in [1.82, 2.24) is 5.32 Å². The SMILES string of the molecule is CC(C)(NC(=O)c1ccc(F)c([N+](=O)[O-])c1)c1ccccc1. The van der Waals surface area contributed by atoms with Gasteiger partial charge in [-0.3, -0.25) is 14.9 Å². The Balaban J connectivity index is 2.26. The smallest absolute Gasteiger partial charge is 0.305 e. The quantitative estimate of drug-likeness (QED) is 0.695. The number of carbonyl (C=O) groups excluding carboxylic acids is 1. The molecule has 0 fully saturated rings. The lowest BCUT2D eigenvalue weighted by molar-refractivity contribution is -0.387. The van der Waals surface area contributed by atoms with Crippen molar-refractivity contribution in [2.45, 2.75) is 19.4 Å². The molecule has 5 nitrogen and oxygen atoms in total. The third-order valence-electron chi connectivity index (χ3n) is 3.33. The van der Waals surface area contributed by atoms with Crippen LogP contribution in [0, 0.1) is 15.9 Å². The molecule has 0 aliphatic carbocycles. The van der Waals surface area contributed by atoms with Gasteiger partial charge in [-0.25, -0.2) is 0 Å².